The molecule has 0 aromatic heterocycles. The molecule has 2 aromatic carbocycles. The number of carbonyl (C=O) groups is 1. The topological polar surface area (TPSA) is 38.3 Å². The third kappa shape index (κ3) is 3.89. The molecule has 1 amide bonds. The van der Waals surface area contributed by atoms with Crippen molar-refractivity contribution >= 4 is 23.2 Å². The van der Waals surface area contributed by atoms with Crippen LogP contribution in [0.1, 0.15) is 22.8 Å². The second-order valence-corrected chi connectivity index (χ2v) is 5.52. The van der Waals surface area contributed by atoms with Gasteiger partial charge in [-0.3, -0.25) is 4.79 Å². The van der Waals surface area contributed by atoms with Gasteiger partial charge in [-0.2, -0.15) is 0 Å². The zero-order valence-corrected chi connectivity index (χ0v) is 13.4. The first-order valence-electron chi connectivity index (χ1n) is 6.91. The quantitative estimate of drug-likeness (QED) is 0.800. The molecular formula is C18H18ClNO2. The highest BCUT2D eigenvalue weighted by Gasteiger charge is 2.14. The van der Waals surface area contributed by atoms with Gasteiger partial charge in [-0.1, -0.05) is 36.4 Å². The second kappa shape index (κ2) is 7.14. The minimum Gasteiger partial charge on any atom is -0.488 e. The number of nitrogens with one attached hydrogen (secondary N) is 1. The average Bonchev–Trinajstić information content (AvgIpc) is 2.50. The van der Waals surface area contributed by atoms with Crippen molar-refractivity contribution in [2.24, 2.45) is 0 Å². The molecule has 22 heavy (non-hydrogen) atoms. The lowest BCUT2D eigenvalue weighted by atomic mass is 10.1. The van der Waals surface area contributed by atoms with Crippen LogP contribution in [0.3, 0.4) is 0 Å². The van der Waals surface area contributed by atoms with Crippen LogP contribution in [-0.2, 0) is 0 Å². The van der Waals surface area contributed by atoms with Crippen molar-refractivity contribution in [1.82, 2.24) is 0 Å². The minimum absolute atomic E-state index is 0.234. The first kappa shape index (κ1) is 16.1. The number of benzene rings is 2. The molecule has 0 fully saturated rings. The molecule has 0 aliphatic heterocycles. The summed E-state index contributed by atoms with van der Waals surface area (Å²) in [6.45, 7) is 7.90. The Balaban J connectivity index is 2.22. The van der Waals surface area contributed by atoms with Crippen molar-refractivity contribution in [1.29, 1.82) is 0 Å². The Bertz CT molecular complexity index is 710. The van der Waals surface area contributed by atoms with Crippen molar-refractivity contribution in [3.05, 3.63) is 70.8 Å². The van der Waals surface area contributed by atoms with Gasteiger partial charge in [-0.05, 0) is 49.2 Å². The number of rotatable bonds is 5. The standard InChI is InChI=1S/C18H18ClNO2/c1-12(2)11-22-17-10-5-4-7-14(17)18(21)20-16-9-6-8-15(19)13(16)3/h4-10H,1,11H2,2-3H3,(H,20,21). The first-order chi connectivity index (χ1) is 10.5. The van der Waals surface area contributed by atoms with Crippen LogP contribution in [-0.4, -0.2) is 12.5 Å². The fourth-order valence-corrected chi connectivity index (χ4v) is 2.09. The van der Waals surface area contributed by atoms with Gasteiger partial charge in [0, 0.05) is 10.7 Å². The van der Waals surface area contributed by atoms with E-state index in [1.54, 1.807) is 30.3 Å². The first-order valence-corrected chi connectivity index (χ1v) is 7.29. The highest BCUT2D eigenvalue weighted by molar-refractivity contribution is 6.31. The summed E-state index contributed by atoms with van der Waals surface area (Å²) >= 11 is 6.07. The van der Waals surface area contributed by atoms with Gasteiger partial charge < -0.3 is 10.1 Å². The van der Waals surface area contributed by atoms with Crippen LogP contribution in [0.15, 0.2) is 54.6 Å². The molecule has 0 unspecified atom stereocenters. The summed E-state index contributed by atoms with van der Waals surface area (Å²) in [5, 5.41) is 3.48. The normalized spacial score (nSPS) is 10.1. The van der Waals surface area contributed by atoms with E-state index in [0.29, 0.717) is 28.6 Å². The molecule has 0 radical (unpaired) electrons. The number of carbonyl (C=O) groups excluding carboxylic acids is 1. The summed E-state index contributed by atoms with van der Waals surface area (Å²) in [5.41, 5.74) is 2.88. The van der Waals surface area contributed by atoms with E-state index in [-0.39, 0.29) is 5.91 Å². The Hall–Kier alpha value is -2.26. The van der Waals surface area contributed by atoms with E-state index in [1.165, 1.54) is 0 Å². The molecule has 2 rings (SSSR count). The van der Waals surface area contributed by atoms with Crippen LogP contribution in [0.4, 0.5) is 5.69 Å². The molecule has 2 aromatic rings. The number of anilines is 1. The van der Waals surface area contributed by atoms with E-state index in [1.807, 2.05) is 26.0 Å². The lowest BCUT2D eigenvalue weighted by molar-refractivity contribution is 0.102. The Kier molecular flexibility index (Phi) is 5.23. The van der Waals surface area contributed by atoms with Gasteiger partial charge in [0.05, 0.1) is 5.56 Å². The molecule has 0 bridgehead atoms. The molecular weight excluding hydrogens is 298 g/mol. The monoisotopic (exact) mass is 315 g/mol. The zero-order chi connectivity index (χ0) is 16.1. The highest BCUT2D eigenvalue weighted by Crippen LogP contribution is 2.25. The molecule has 4 heteroatoms. The number of ether oxygens (including phenoxy) is 1. The maximum atomic E-state index is 12.5. The SMILES string of the molecule is C=C(C)COc1ccccc1C(=O)Nc1cccc(Cl)c1C. The van der Waals surface area contributed by atoms with Crippen molar-refractivity contribution < 1.29 is 9.53 Å². The maximum absolute atomic E-state index is 12.5. The van der Waals surface area contributed by atoms with Gasteiger partial charge >= 0.3 is 0 Å². The molecule has 114 valence electrons. The molecule has 0 spiro atoms. The third-order valence-electron chi connectivity index (χ3n) is 3.12. The van der Waals surface area contributed by atoms with Crippen LogP contribution in [0.2, 0.25) is 5.02 Å². The summed E-state index contributed by atoms with van der Waals surface area (Å²) in [7, 11) is 0. The van der Waals surface area contributed by atoms with Gasteiger partial charge in [0.15, 0.2) is 0 Å². The summed E-state index contributed by atoms with van der Waals surface area (Å²) in [4.78, 5) is 12.5. The summed E-state index contributed by atoms with van der Waals surface area (Å²) in [5.74, 6) is 0.297. The maximum Gasteiger partial charge on any atom is 0.259 e. The van der Waals surface area contributed by atoms with E-state index in [2.05, 4.69) is 11.9 Å². The Morgan fingerprint density at radius 1 is 1.23 bits per heavy atom. The van der Waals surface area contributed by atoms with Crippen LogP contribution in [0.25, 0.3) is 0 Å². The number of amides is 1. The third-order valence-corrected chi connectivity index (χ3v) is 3.53. The molecule has 0 aliphatic carbocycles. The Morgan fingerprint density at radius 3 is 2.68 bits per heavy atom. The van der Waals surface area contributed by atoms with Crippen LogP contribution in [0, 0.1) is 6.92 Å². The van der Waals surface area contributed by atoms with E-state index >= 15 is 0 Å². The predicted molar refractivity (Wildman–Crippen MR) is 90.9 cm³/mol. The van der Waals surface area contributed by atoms with Crippen molar-refractivity contribution in [2.45, 2.75) is 13.8 Å². The molecule has 0 atom stereocenters. The summed E-state index contributed by atoms with van der Waals surface area (Å²) in [6, 6.07) is 12.5. The molecule has 0 saturated carbocycles. The van der Waals surface area contributed by atoms with Gasteiger partial charge in [-0.15, -0.1) is 0 Å². The van der Waals surface area contributed by atoms with Gasteiger partial charge in [0.1, 0.15) is 12.4 Å². The molecule has 1 N–H and O–H groups in total. The molecule has 0 saturated heterocycles. The number of hydrogen-bond acceptors (Lipinski definition) is 2. The fraction of sp³-hybridized carbons (Fsp3) is 0.167. The van der Waals surface area contributed by atoms with E-state index in [4.69, 9.17) is 16.3 Å². The summed E-state index contributed by atoms with van der Waals surface area (Å²) in [6.07, 6.45) is 0. The smallest absolute Gasteiger partial charge is 0.259 e. The van der Waals surface area contributed by atoms with Crippen LogP contribution in [0.5, 0.6) is 5.75 Å². The van der Waals surface area contributed by atoms with Crippen molar-refractivity contribution in [3.8, 4) is 5.75 Å². The van der Waals surface area contributed by atoms with Crippen LogP contribution < -0.4 is 10.1 Å². The Morgan fingerprint density at radius 2 is 1.95 bits per heavy atom. The highest BCUT2D eigenvalue weighted by atomic mass is 35.5. The molecule has 3 nitrogen and oxygen atoms in total. The molecule has 0 aliphatic rings. The predicted octanol–water partition coefficient (Wildman–Crippen LogP) is 4.86. The lowest BCUT2D eigenvalue weighted by Gasteiger charge is -2.13. The van der Waals surface area contributed by atoms with E-state index in [9.17, 15) is 4.79 Å². The average molecular weight is 316 g/mol. The van der Waals surface area contributed by atoms with Crippen molar-refractivity contribution in [2.75, 3.05) is 11.9 Å². The van der Waals surface area contributed by atoms with Gasteiger partial charge in [0.2, 0.25) is 0 Å². The minimum atomic E-state index is -0.234. The van der Waals surface area contributed by atoms with Crippen molar-refractivity contribution in [3.63, 3.8) is 0 Å². The zero-order valence-electron chi connectivity index (χ0n) is 12.7. The van der Waals surface area contributed by atoms with Gasteiger partial charge in [0.25, 0.3) is 5.91 Å². The molecule has 0 heterocycles. The lowest BCUT2D eigenvalue weighted by Crippen LogP contribution is -2.14. The number of para-hydroxylation sites is 1. The summed E-state index contributed by atoms with van der Waals surface area (Å²) < 4.78 is 5.62. The number of hydrogen-bond donors (Lipinski definition) is 1. The Labute approximate surface area is 135 Å². The van der Waals surface area contributed by atoms with E-state index in [0.717, 1.165) is 11.1 Å². The van der Waals surface area contributed by atoms with Crippen LogP contribution >= 0.6 is 11.6 Å². The van der Waals surface area contributed by atoms with Gasteiger partial charge in [-0.25, -0.2) is 0 Å². The largest absolute Gasteiger partial charge is 0.488 e. The fourth-order valence-electron chi connectivity index (χ4n) is 1.91. The second-order valence-electron chi connectivity index (χ2n) is 5.11. The number of halogens is 1. The van der Waals surface area contributed by atoms with E-state index < -0.39 is 0 Å².